The molecule has 0 aromatic heterocycles. The molecule has 0 radical (unpaired) electrons. The molecule has 16 heavy (non-hydrogen) atoms. The van der Waals surface area contributed by atoms with Gasteiger partial charge in [0, 0.05) is 0 Å². The monoisotopic (exact) mass is 224 g/mol. The van der Waals surface area contributed by atoms with Gasteiger partial charge in [-0.3, -0.25) is 0 Å². The average molecular weight is 224 g/mol. The molecule has 0 aromatic carbocycles. The predicted molar refractivity (Wildman–Crippen MR) is 75.9 cm³/mol. The van der Waals surface area contributed by atoms with Crippen LogP contribution in [0.3, 0.4) is 0 Å². The van der Waals surface area contributed by atoms with Gasteiger partial charge in [-0.1, -0.05) is 77.4 Å². The number of hydrogen-bond donors (Lipinski definition) is 0. The Labute approximate surface area is 104 Å². The summed E-state index contributed by atoms with van der Waals surface area (Å²) in [5.74, 6) is 0. The summed E-state index contributed by atoms with van der Waals surface area (Å²) in [7, 11) is 0. The van der Waals surface area contributed by atoms with Gasteiger partial charge in [0.05, 0.1) is 0 Å². The van der Waals surface area contributed by atoms with E-state index in [-0.39, 0.29) is 0 Å². The summed E-state index contributed by atoms with van der Waals surface area (Å²) < 4.78 is 0. The topological polar surface area (TPSA) is 0 Å². The SMILES string of the molecule is CCCCCC=CCCCCCCCCC. The number of allylic oxidation sites excluding steroid dienone is 2. The van der Waals surface area contributed by atoms with Crippen LogP contribution < -0.4 is 0 Å². The van der Waals surface area contributed by atoms with E-state index in [4.69, 9.17) is 0 Å². The van der Waals surface area contributed by atoms with Gasteiger partial charge >= 0.3 is 0 Å². The zero-order valence-electron chi connectivity index (χ0n) is 11.6. The second-order valence-electron chi connectivity index (χ2n) is 4.88. The van der Waals surface area contributed by atoms with Crippen LogP contribution in [-0.4, -0.2) is 0 Å². The highest BCUT2D eigenvalue weighted by Crippen LogP contribution is 2.09. The third-order valence-corrected chi connectivity index (χ3v) is 3.12. The minimum atomic E-state index is 1.30. The lowest BCUT2D eigenvalue weighted by atomic mass is 10.1. The molecule has 0 bridgehead atoms. The zero-order valence-corrected chi connectivity index (χ0v) is 11.6. The van der Waals surface area contributed by atoms with Crippen LogP contribution in [0.25, 0.3) is 0 Å². The highest BCUT2D eigenvalue weighted by atomic mass is 14.0. The van der Waals surface area contributed by atoms with Gasteiger partial charge in [0.1, 0.15) is 0 Å². The molecule has 0 N–H and O–H groups in total. The van der Waals surface area contributed by atoms with Crippen LogP contribution in [0.2, 0.25) is 0 Å². The van der Waals surface area contributed by atoms with E-state index in [9.17, 15) is 0 Å². The van der Waals surface area contributed by atoms with Crippen molar-refractivity contribution < 1.29 is 0 Å². The first-order chi connectivity index (χ1) is 7.91. The first-order valence-electron chi connectivity index (χ1n) is 7.56. The van der Waals surface area contributed by atoms with E-state index in [0.717, 1.165) is 0 Å². The van der Waals surface area contributed by atoms with E-state index in [1.54, 1.807) is 0 Å². The lowest BCUT2D eigenvalue weighted by molar-refractivity contribution is 0.592. The summed E-state index contributed by atoms with van der Waals surface area (Å²) in [4.78, 5) is 0. The molecule has 0 unspecified atom stereocenters. The molecule has 0 heterocycles. The highest BCUT2D eigenvalue weighted by molar-refractivity contribution is 4.81. The van der Waals surface area contributed by atoms with Crippen LogP contribution in [0, 0.1) is 0 Å². The molecule has 0 aliphatic carbocycles. The lowest BCUT2D eigenvalue weighted by Gasteiger charge is -1.98. The molecule has 0 aliphatic rings. The average Bonchev–Trinajstić information content (AvgIpc) is 2.31. The molecule has 0 aliphatic heterocycles. The predicted octanol–water partition coefficient (Wildman–Crippen LogP) is 6.26. The molecule has 0 saturated carbocycles. The molecule has 0 saturated heterocycles. The van der Waals surface area contributed by atoms with Gasteiger partial charge in [0.15, 0.2) is 0 Å². The maximum atomic E-state index is 2.39. The Morgan fingerprint density at radius 1 is 0.500 bits per heavy atom. The first-order valence-corrected chi connectivity index (χ1v) is 7.56. The molecule has 0 nitrogen and oxygen atoms in total. The van der Waals surface area contributed by atoms with Crippen molar-refractivity contribution in [1.29, 1.82) is 0 Å². The van der Waals surface area contributed by atoms with Gasteiger partial charge in [-0.05, 0) is 25.7 Å². The van der Waals surface area contributed by atoms with Gasteiger partial charge < -0.3 is 0 Å². The Hall–Kier alpha value is -0.260. The fraction of sp³-hybridized carbons (Fsp3) is 0.875. The minimum absolute atomic E-state index is 1.30. The van der Waals surface area contributed by atoms with Crippen molar-refractivity contribution in [3.63, 3.8) is 0 Å². The molecule has 0 heteroatoms. The Kier molecular flexibility index (Phi) is 14.5. The Bertz CT molecular complexity index is 135. The number of hydrogen-bond acceptors (Lipinski definition) is 0. The number of unbranched alkanes of at least 4 members (excludes halogenated alkanes) is 10. The summed E-state index contributed by atoms with van der Waals surface area (Å²) in [6.07, 6.45) is 21.5. The molecule has 0 atom stereocenters. The first kappa shape index (κ1) is 15.7. The standard InChI is InChI=1S/C16H32/c1-3-5-7-9-11-13-15-16-14-12-10-8-6-4-2/h11,13H,3-10,12,14-16H2,1-2H3. The maximum Gasteiger partial charge on any atom is -0.0351 e. The van der Waals surface area contributed by atoms with Gasteiger partial charge in [-0.25, -0.2) is 0 Å². The fourth-order valence-electron chi connectivity index (χ4n) is 1.97. The molecular weight excluding hydrogens is 192 g/mol. The second kappa shape index (κ2) is 14.7. The van der Waals surface area contributed by atoms with E-state index >= 15 is 0 Å². The quantitative estimate of drug-likeness (QED) is 0.271. The summed E-state index contributed by atoms with van der Waals surface area (Å²) in [6.45, 7) is 4.55. The third kappa shape index (κ3) is 13.7. The largest absolute Gasteiger partial charge is 0.0885 e. The van der Waals surface area contributed by atoms with Crippen molar-refractivity contribution in [2.45, 2.75) is 90.9 Å². The Balaban J connectivity index is 2.97. The van der Waals surface area contributed by atoms with Crippen LogP contribution in [0.15, 0.2) is 12.2 Å². The molecule has 0 amide bonds. The van der Waals surface area contributed by atoms with Crippen molar-refractivity contribution >= 4 is 0 Å². The van der Waals surface area contributed by atoms with Crippen molar-refractivity contribution in [3.05, 3.63) is 12.2 Å². The van der Waals surface area contributed by atoms with Crippen LogP contribution in [-0.2, 0) is 0 Å². The second-order valence-corrected chi connectivity index (χ2v) is 4.88. The number of rotatable bonds is 12. The Morgan fingerprint density at radius 3 is 1.44 bits per heavy atom. The molecule has 96 valence electrons. The van der Waals surface area contributed by atoms with E-state index in [1.165, 1.54) is 77.0 Å². The smallest absolute Gasteiger partial charge is 0.0351 e. The molecule has 0 fully saturated rings. The Morgan fingerprint density at radius 2 is 0.875 bits per heavy atom. The lowest BCUT2D eigenvalue weighted by Crippen LogP contribution is -1.79. The third-order valence-electron chi connectivity index (χ3n) is 3.12. The fourth-order valence-corrected chi connectivity index (χ4v) is 1.97. The van der Waals surface area contributed by atoms with E-state index in [2.05, 4.69) is 26.0 Å². The van der Waals surface area contributed by atoms with Crippen LogP contribution in [0.1, 0.15) is 90.9 Å². The summed E-state index contributed by atoms with van der Waals surface area (Å²) in [5.41, 5.74) is 0. The van der Waals surface area contributed by atoms with Crippen molar-refractivity contribution in [1.82, 2.24) is 0 Å². The summed E-state index contributed by atoms with van der Waals surface area (Å²) >= 11 is 0. The van der Waals surface area contributed by atoms with Gasteiger partial charge in [-0.15, -0.1) is 0 Å². The normalized spacial score (nSPS) is 11.4. The summed E-state index contributed by atoms with van der Waals surface area (Å²) in [5, 5.41) is 0. The maximum absolute atomic E-state index is 2.39. The molecule has 0 rings (SSSR count). The van der Waals surface area contributed by atoms with Crippen molar-refractivity contribution in [2.24, 2.45) is 0 Å². The molecular formula is C16H32. The van der Waals surface area contributed by atoms with Crippen LogP contribution in [0.5, 0.6) is 0 Å². The highest BCUT2D eigenvalue weighted by Gasteiger charge is 1.89. The van der Waals surface area contributed by atoms with Crippen molar-refractivity contribution in [2.75, 3.05) is 0 Å². The van der Waals surface area contributed by atoms with Crippen molar-refractivity contribution in [3.8, 4) is 0 Å². The van der Waals surface area contributed by atoms with Crippen LogP contribution in [0.4, 0.5) is 0 Å². The van der Waals surface area contributed by atoms with Crippen LogP contribution >= 0.6 is 0 Å². The summed E-state index contributed by atoms with van der Waals surface area (Å²) in [6, 6.07) is 0. The van der Waals surface area contributed by atoms with E-state index < -0.39 is 0 Å². The minimum Gasteiger partial charge on any atom is -0.0885 e. The van der Waals surface area contributed by atoms with E-state index in [0.29, 0.717) is 0 Å². The van der Waals surface area contributed by atoms with Gasteiger partial charge in [0.25, 0.3) is 0 Å². The van der Waals surface area contributed by atoms with Gasteiger partial charge in [-0.2, -0.15) is 0 Å². The molecule has 0 spiro atoms. The zero-order chi connectivity index (χ0) is 11.9. The van der Waals surface area contributed by atoms with Gasteiger partial charge in [0.2, 0.25) is 0 Å². The van der Waals surface area contributed by atoms with E-state index in [1.807, 2.05) is 0 Å². The molecule has 0 aromatic rings.